The van der Waals surface area contributed by atoms with Crippen molar-refractivity contribution >= 4 is 11.7 Å². The van der Waals surface area contributed by atoms with E-state index in [4.69, 9.17) is 20.4 Å². The van der Waals surface area contributed by atoms with Crippen molar-refractivity contribution in [3.05, 3.63) is 35.4 Å². The third-order valence-corrected chi connectivity index (χ3v) is 2.95. The second-order valence-electron chi connectivity index (χ2n) is 4.34. The van der Waals surface area contributed by atoms with Gasteiger partial charge in [-0.05, 0) is 12.1 Å². The Morgan fingerprint density at radius 2 is 1.62 bits per heavy atom. The van der Waals surface area contributed by atoms with Gasteiger partial charge < -0.3 is 25.3 Å². The van der Waals surface area contributed by atoms with Crippen molar-refractivity contribution in [1.29, 1.82) is 0 Å². The standard InChI is InChI=1S/C14H21N3O4/c1-20-9-7-17(8-10-21-2)14(18)12-5-3-11(4-6-12)13(15)16-19/h3-6,19H,7-10H2,1-2H3,(H2,15,16). The minimum absolute atomic E-state index is 0.00428. The number of ether oxygens (including phenoxy) is 2. The van der Waals surface area contributed by atoms with E-state index in [9.17, 15) is 4.79 Å². The van der Waals surface area contributed by atoms with Crippen LogP contribution in [0.15, 0.2) is 29.4 Å². The summed E-state index contributed by atoms with van der Waals surface area (Å²) in [5.74, 6) is -0.111. The molecule has 0 bridgehead atoms. The highest BCUT2D eigenvalue weighted by Crippen LogP contribution is 2.08. The van der Waals surface area contributed by atoms with E-state index in [1.54, 1.807) is 43.4 Å². The molecule has 1 rings (SSSR count). The zero-order valence-electron chi connectivity index (χ0n) is 12.3. The smallest absolute Gasteiger partial charge is 0.254 e. The van der Waals surface area contributed by atoms with Crippen LogP contribution >= 0.6 is 0 Å². The largest absolute Gasteiger partial charge is 0.409 e. The highest BCUT2D eigenvalue weighted by molar-refractivity contribution is 5.99. The van der Waals surface area contributed by atoms with Crippen LogP contribution in [-0.4, -0.2) is 62.4 Å². The molecule has 0 aromatic heterocycles. The van der Waals surface area contributed by atoms with Gasteiger partial charge in [0.25, 0.3) is 5.91 Å². The molecule has 0 aliphatic rings. The number of hydrogen-bond donors (Lipinski definition) is 2. The molecule has 0 aliphatic carbocycles. The number of benzene rings is 1. The number of amidine groups is 1. The van der Waals surface area contributed by atoms with E-state index in [-0.39, 0.29) is 11.7 Å². The van der Waals surface area contributed by atoms with Gasteiger partial charge in [-0.15, -0.1) is 0 Å². The van der Waals surface area contributed by atoms with Crippen molar-refractivity contribution in [2.24, 2.45) is 10.9 Å². The minimum atomic E-state index is -0.116. The Kier molecular flexibility index (Phi) is 7.20. The van der Waals surface area contributed by atoms with Crippen LogP contribution in [0.4, 0.5) is 0 Å². The SMILES string of the molecule is COCCN(CCOC)C(=O)c1ccc(C(N)=NO)cc1. The molecule has 0 atom stereocenters. The average molecular weight is 295 g/mol. The van der Waals surface area contributed by atoms with Crippen LogP contribution < -0.4 is 5.73 Å². The maximum atomic E-state index is 12.4. The van der Waals surface area contributed by atoms with E-state index < -0.39 is 0 Å². The number of rotatable bonds is 8. The number of nitrogens with two attached hydrogens (primary N) is 1. The van der Waals surface area contributed by atoms with E-state index in [2.05, 4.69) is 5.16 Å². The Morgan fingerprint density at radius 1 is 1.14 bits per heavy atom. The Balaban J connectivity index is 2.82. The van der Waals surface area contributed by atoms with Crippen LogP contribution in [0.25, 0.3) is 0 Å². The van der Waals surface area contributed by atoms with Crippen molar-refractivity contribution in [3.8, 4) is 0 Å². The Bertz CT molecular complexity index is 466. The number of hydrogen-bond acceptors (Lipinski definition) is 5. The van der Waals surface area contributed by atoms with E-state index >= 15 is 0 Å². The normalized spacial score (nSPS) is 11.4. The van der Waals surface area contributed by atoms with Crippen molar-refractivity contribution in [2.45, 2.75) is 0 Å². The predicted molar refractivity (Wildman–Crippen MR) is 78.6 cm³/mol. The molecule has 3 N–H and O–H groups in total. The van der Waals surface area contributed by atoms with Crippen molar-refractivity contribution in [1.82, 2.24) is 4.90 Å². The van der Waals surface area contributed by atoms with Crippen LogP contribution in [0, 0.1) is 0 Å². The van der Waals surface area contributed by atoms with E-state index in [1.807, 2.05) is 0 Å². The summed E-state index contributed by atoms with van der Waals surface area (Å²) < 4.78 is 10.0. The summed E-state index contributed by atoms with van der Waals surface area (Å²) in [4.78, 5) is 14.1. The fraction of sp³-hybridized carbons (Fsp3) is 0.429. The summed E-state index contributed by atoms with van der Waals surface area (Å²) in [5.41, 5.74) is 6.56. The lowest BCUT2D eigenvalue weighted by Crippen LogP contribution is -2.36. The quantitative estimate of drug-likeness (QED) is 0.315. The van der Waals surface area contributed by atoms with Gasteiger partial charge in [-0.25, -0.2) is 0 Å². The molecule has 21 heavy (non-hydrogen) atoms. The highest BCUT2D eigenvalue weighted by Gasteiger charge is 2.15. The molecule has 0 spiro atoms. The monoisotopic (exact) mass is 295 g/mol. The molecule has 0 fully saturated rings. The lowest BCUT2D eigenvalue weighted by molar-refractivity contribution is 0.0627. The molecule has 0 radical (unpaired) electrons. The number of oxime groups is 1. The van der Waals surface area contributed by atoms with Gasteiger partial charge in [0.15, 0.2) is 5.84 Å². The number of methoxy groups -OCH3 is 2. The first-order valence-electron chi connectivity index (χ1n) is 6.49. The van der Waals surface area contributed by atoms with Crippen LogP contribution in [0.2, 0.25) is 0 Å². The van der Waals surface area contributed by atoms with Gasteiger partial charge in [0.2, 0.25) is 0 Å². The summed E-state index contributed by atoms with van der Waals surface area (Å²) in [6.45, 7) is 1.89. The Morgan fingerprint density at radius 3 is 2.05 bits per heavy atom. The topological polar surface area (TPSA) is 97.4 Å². The lowest BCUT2D eigenvalue weighted by Gasteiger charge is -2.22. The second kappa shape index (κ2) is 8.93. The Labute approximate surface area is 123 Å². The molecule has 0 saturated heterocycles. The minimum Gasteiger partial charge on any atom is -0.409 e. The molecule has 0 aliphatic heterocycles. The van der Waals surface area contributed by atoms with E-state index in [0.29, 0.717) is 37.4 Å². The van der Waals surface area contributed by atoms with E-state index in [1.165, 1.54) is 0 Å². The fourth-order valence-electron chi connectivity index (χ4n) is 1.74. The van der Waals surface area contributed by atoms with Crippen LogP contribution in [0.1, 0.15) is 15.9 Å². The molecule has 1 aromatic rings. The predicted octanol–water partition coefficient (Wildman–Crippen LogP) is 0.516. The summed E-state index contributed by atoms with van der Waals surface area (Å²) in [6, 6.07) is 6.55. The molecular weight excluding hydrogens is 274 g/mol. The molecule has 7 heteroatoms. The van der Waals surface area contributed by atoms with Gasteiger partial charge in [-0.1, -0.05) is 17.3 Å². The number of carbonyl (C=O) groups excluding carboxylic acids is 1. The highest BCUT2D eigenvalue weighted by atomic mass is 16.5. The maximum Gasteiger partial charge on any atom is 0.254 e. The van der Waals surface area contributed by atoms with Gasteiger partial charge in [-0.3, -0.25) is 4.79 Å². The molecular formula is C14H21N3O4. The third kappa shape index (κ3) is 5.05. The first-order valence-corrected chi connectivity index (χ1v) is 6.49. The van der Waals surface area contributed by atoms with Crippen molar-refractivity contribution in [3.63, 3.8) is 0 Å². The van der Waals surface area contributed by atoms with Gasteiger partial charge in [0.05, 0.1) is 13.2 Å². The molecule has 0 heterocycles. The van der Waals surface area contributed by atoms with Crippen LogP contribution in [0.3, 0.4) is 0 Å². The first-order chi connectivity index (χ1) is 10.1. The van der Waals surface area contributed by atoms with Crippen molar-refractivity contribution < 1.29 is 19.5 Å². The summed E-state index contributed by atoms with van der Waals surface area (Å²) >= 11 is 0. The third-order valence-electron chi connectivity index (χ3n) is 2.95. The van der Waals surface area contributed by atoms with Crippen LogP contribution in [-0.2, 0) is 9.47 Å². The van der Waals surface area contributed by atoms with Gasteiger partial charge in [0.1, 0.15) is 0 Å². The summed E-state index contributed by atoms with van der Waals surface area (Å²) in [7, 11) is 3.18. The molecule has 1 aromatic carbocycles. The van der Waals surface area contributed by atoms with Crippen molar-refractivity contribution in [2.75, 3.05) is 40.5 Å². The van der Waals surface area contributed by atoms with Gasteiger partial charge in [-0.2, -0.15) is 0 Å². The van der Waals surface area contributed by atoms with E-state index in [0.717, 1.165) is 0 Å². The zero-order valence-corrected chi connectivity index (χ0v) is 12.3. The lowest BCUT2D eigenvalue weighted by atomic mass is 10.1. The number of carbonyl (C=O) groups is 1. The molecule has 116 valence electrons. The van der Waals surface area contributed by atoms with Gasteiger partial charge in [0, 0.05) is 38.4 Å². The fourth-order valence-corrected chi connectivity index (χ4v) is 1.74. The Hall–Kier alpha value is -2.12. The number of nitrogens with zero attached hydrogens (tertiary/aromatic N) is 2. The number of amides is 1. The second-order valence-corrected chi connectivity index (χ2v) is 4.34. The summed E-state index contributed by atoms with van der Waals surface area (Å²) in [6.07, 6.45) is 0. The molecule has 7 nitrogen and oxygen atoms in total. The molecule has 0 saturated carbocycles. The average Bonchev–Trinajstić information content (AvgIpc) is 2.54. The zero-order chi connectivity index (χ0) is 15.7. The molecule has 0 unspecified atom stereocenters. The summed E-state index contributed by atoms with van der Waals surface area (Å²) in [5, 5.41) is 11.5. The van der Waals surface area contributed by atoms with Crippen LogP contribution in [0.5, 0.6) is 0 Å². The first kappa shape index (κ1) is 16.9. The molecule has 1 amide bonds. The van der Waals surface area contributed by atoms with Gasteiger partial charge >= 0.3 is 0 Å². The maximum absolute atomic E-state index is 12.4.